The monoisotopic (exact) mass is 462 g/mol. The minimum atomic E-state index is -2.92. The summed E-state index contributed by atoms with van der Waals surface area (Å²) in [5, 5.41) is 33.0. The lowest BCUT2D eigenvalue weighted by molar-refractivity contribution is -0.188. The number of amides is 1. The zero-order valence-electron chi connectivity index (χ0n) is 18.0. The fraction of sp³-hybridized carbons (Fsp3) is 0.500. The number of hydrogen-bond donors (Lipinski definition) is 4. The average Bonchev–Trinajstić information content (AvgIpc) is 2.69. The molecule has 0 radical (unpaired) electrons. The molecule has 3 aliphatic rings. The zero-order chi connectivity index (χ0) is 24.8. The Balaban J connectivity index is 1.97. The third-order valence-corrected chi connectivity index (χ3v) is 7.43. The first kappa shape index (κ1) is 23.1. The van der Waals surface area contributed by atoms with Crippen LogP contribution in [0.1, 0.15) is 29.3 Å². The minimum Gasteiger partial charge on any atom is -0.507 e. The normalized spacial score (nSPS) is 38.1. The number of primary amides is 1. The molecule has 0 aliphatic heterocycles. The number of phenols is 1. The van der Waals surface area contributed by atoms with E-state index in [0.29, 0.717) is 0 Å². The fourth-order valence-electron chi connectivity index (χ4n) is 5.95. The molecule has 1 aromatic carbocycles. The summed E-state index contributed by atoms with van der Waals surface area (Å²) in [6, 6.07) is 0.435. The van der Waals surface area contributed by atoms with Crippen LogP contribution in [-0.2, 0) is 24.8 Å². The molecule has 33 heavy (non-hydrogen) atoms. The van der Waals surface area contributed by atoms with Gasteiger partial charge in [-0.05, 0) is 39.6 Å². The van der Waals surface area contributed by atoms with Crippen molar-refractivity contribution in [1.82, 2.24) is 4.90 Å². The van der Waals surface area contributed by atoms with E-state index in [2.05, 4.69) is 0 Å². The number of carbonyl (C=O) groups is 5. The topological polar surface area (TPSA) is 175 Å². The van der Waals surface area contributed by atoms with Crippen molar-refractivity contribution in [2.24, 2.45) is 29.4 Å². The van der Waals surface area contributed by atoms with E-state index < -0.39 is 99.1 Å². The summed E-state index contributed by atoms with van der Waals surface area (Å²) in [7, 11) is 2.87. The number of fused-ring (bicyclic) bond motifs is 3. The highest BCUT2D eigenvalue weighted by molar-refractivity contribution is 6.32. The van der Waals surface area contributed by atoms with Crippen LogP contribution >= 0.6 is 0 Å². The molecule has 3 aliphatic carbocycles. The molecule has 0 aromatic heterocycles. The Hall–Kier alpha value is -3.02. The number of nitrogens with zero attached hydrogens (tertiary/aromatic N) is 1. The number of halogens is 1. The van der Waals surface area contributed by atoms with Gasteiger partial charge in [0.05, 0.1) is 23.1 Å². The van der Waals surface area contributed by atoms with Crippen LogP contribution in [0.4, 0.5) is 4.39 Å². The maximum Gasteiger partial charge on any atom is 0.235 e. The summed E-state index contributed by atoms with van der Waals surface area (Å²) >= 11 is 0. The standard InChI is InChI=1S/C22H23FN2O8/c1-21(32)7-6-8-15(25(2)3)17(28)13(20(24)31)19(30)22(8,33)18(29)11(7)16(27)12-10(26)5-4-9(23)14(12)21/h4-5,7-8,11,13,15,26,32-33H,6H2,1-3H3,(H2,24,31). The first-order chi connectivity index (χ1) is 15.2. The van der Waals surface area contributed by atoms with Gasteiger partial charge in [0, 0.05) is 17.4 Å². The quantitative estimate of drug-likeness (QED) is 0.388. The molecule has 0 heterocycles. The Morgan fingerprint density at radius 2 is 1.73 bits per heavy atom. The summed E-state index contributed by atoms with van der Waals surface area (Å²) in [6.07, 6.45) is -0.397. The van der Waals surface area contributed by atoms with E-state index in [9.17, 15) is 43.7 Å². The number of aromatic hydroxyl groups is 1. The lowest BCUT2D eigenvalue weighted by Crippen LogP contribution is -2.75. The summed E-state index contributed by atoms with van der Waals surface area (Å²) < 4.78 is 14.7. The van der Waals surface area contributed by atoms with Gasteiger partial charge in [-0.15, -0.1) is 0 Å². The second-order valence-electron chi connectivity index (χ2n) is 9.40. The van der Waals surface area contributed by atoms with Crippen molar-refractivity contribution < 1.29 is 43.7 Å². The molecule has 0 saturated heterocycles. The van der Waals surface area contributed by atoms with Crippen molar-refractivity contribution in [3.63, 3.8) is 0 Å². The Bertz CT molecular complexity index is 1150. The van der Waals surface area contributed by atoms with Crippen LogP contribution in [0.2, 0.25) is 0 Å². The van der Waals surface area contributed by atoms with E-state index in [4.69, 9.17) is 5.73 Å². The third kappa shape index (κ3) is 2.73. The average molecular weight is 462 g/mol. The molecule has 2 saturated carbocycles. The first-order valence-electron chi connectivity index (χ1n) is 10.3. The van der Waals surface area contributed by atoms with Crippen LogP contribution in [-0.4, -0.2) is 75.0 Å². The van der Waals surface area contributed by atoms with Crippen molar-refractivity contribution in [1.29, 1.82) is 0 Å². The van der Waals surface area contributed by atoms with Crippen molar-refractivity contribution in [2.45, 2.75) is 30.6 Å². The summed E-state index contributed by atoms with van der Waals surface area (Å²) in [6.45, 7) is 1.17. The van der Waals surface area contributed by atoms with E-state index >= 15 is 0 Å². The molecule has 10 nitrogen and oxygen atoms in total. The molecule has 4 rings (SSSR count). The van der Waals surface area contributed by atoms with E-state index in [-0.39, 0.29) is 0 Å². The van der Waals surface area contributed by atoms with Crippen LogP contribution in [0, 0.1) is 29.5 Å². The van der Waals surface area contributed by atoms with Gasteiger partial charge < -0.3 is 21.1 Å². The lowest BCUT2D eigenvalue weighted by atomic mass is 9.49. The smallest absolute Gasteiger partial charge is 0.235 e. The van der Waals surface area contributed by atoms with Crippen molar-refractivity contribution in [2.75, 3.05) is 14.1 Å². The summed E-state index contributed by atoms with van der Waals surface area (Å²) in [5.74, 6) is -14.4. The van der Waals surface area contributed by atoms with Gasteiger partial charge in [0.25, 0.3) is 0 Å². The van der Waals surface area contributed by atoms with Gasteiger partial charge >= 0.3 is 0 Å². The molecule has 7 atom stereocenters. The van der Waals surface area contributed by atoms with Crippen LogP contribution in [0.3, 0.4) is 0 Å². The maximum atomic E-state index is 14.7. The number of nitrogens with two attached hydrogens (primary N) is 1. The molecule has 1 amide bonds. The molecule has 176 valence electrons. The van der Waals surface area contributed by atoms with Crippen LogP contribution in [0.15, 0.2) is 12.1 Å². The van der Waals surface area contributed by atoms with Crippen molar-refractivity contribution in [3.8, 4) is 5.75 Å². The number of aliphatic hydroxyl groups is 2. The van der Waals surface area contributed by atoms with E-state index in [1.165, 1.54) is 25.9 Å². The largest absolute Gasteiger partial charge is 0.507 e. The van der Waals surface area contributed by atoms with Crippen LogP contribution in [0.5, 0.6) is 5.75 Å². The van der Waals surface area contributed by atoms with Crippen molar-refractivity contribution >= 4 is 29.0 Å². The Morgan fingerprint density at radius 3 is 2.27 bits per heavy atom. The van der Waals surface area contributed by atoms with E-state index in [1.807, 2.05) is 0 Å². The van der Waals surface area contributed by atoms with Crippen LogP contribution < -0.4 is 5.73 Å². The second kappa shape index (κ2) is 6.99. The van der Waals surface area contributed by atoms with E-state index in [1.54, 1.807) is 0 Å². The molecular formula is C22H23FN2O8. The number of likely N-dealkylation sites (N-methyl/N-ethyl adjacent to an activating group) is 1. The van der Waals surface area contributed by atoms with Crippen molar-refractivity contribution in [3.05, 3.63) is 29.1 Å². The van der Waals surface area contributed by atoms with Gasteiger partial charge in [-0.2, -0.15) is 0 Å². The number of benzene rings is 1. The SMILES string of the molecule is CN(C)C1C(=O)C(C(N)=O)C(=O)C2(O)C(=O)C3C(=O)c4c(O)ccc(F)c4C(C)(O)C3CC12. The van der Waals surface area contributed by atoms with Gasteiger partial charge in [-0.3, -0.25) is 28.9 Å². The Morgan fingerprint density at radius 1 is 1.12 bits per heavy atom. The summed E-state index contributed by atoms with van der Waals surface area (Å²) in [4.78, 5) is 66.3. The maximum absolute atomic E-state index is 14.7. The molecule has 7 unspecified atom stereocenters. The Labute approximate surface area is 187 Å². The van der Waals surface area contributed by atoms with Gasteiger partial charge in [-0.25, -0.2) is 4.39 Å². The fourth-order valence-corrected chi connectivity index (χ4v) is 5.95. The molecular weight excluding hydrogens is 439 g/mol. The number of hydrogen-bond acceptors (Lipinski definition) is 9. The number of carbonyl (C=O) groups excluding carboxylic acids is 5. The number of Topliss-reactive ketones (excluding diaryl/α,β-unsaturated/α-hetero) is 4. The molecule has 1 aromatic rings. The highest BCUT2D eigenvalue weighted by atomic mass is 19.1. The first-order valence-corrected chi connectivity index (χ1v) is 10.3. The van der Waals surface area contributed by atoms with Crippen LogP contribution in [0.25, 0.3) is 0 Å². The number of phenolic OH excluding ortho intramolecular Hbond substituents is 1. The zero-order valence-corrected chi connectivity index (χ0v) is 18.0. The number of ketones is 4. The minimum absolute atomic E-state index is 0.397. The second-order valence-corrected chi connectivity index (χ2v) is 9.40. The third-order valence-electron chi connectivity index (χ3n) is 7.43. The van der Waals surface area contributed by atoms with E-state index in [0.717, 1.165) is 12.1 Å². The van der Waals surface area contributed by atoms with Gasteiger partial charge in [0.1, 0.15) is 11.6 Å². The number of rotatable bonds is 2. The molecule has 2 fully saturated rings. The lowest BCUT2D eigenvalue weighted by Gasteiger charge is -2.55. The van der Waals surface area contributed by atoms with Gasteiger partial charge in [-0.1, -0.05) is 0 Å². The summed E-state index contributed by atoms with van der Waals surface area (Å²) in [5.41, 5.74) is -0.977. The highest BCUT2D eigenvalue weighted by Gasteiger charge is 2.71. The molecule has 0 spiro atoms. The Kier molecular flexibility index (Phi) is 4.90. The molecule has 5 N–H and O–H groups in total. The van der Waals surface area contributed by atoms with Gasteiger partial charge in [0.15, 0.2) is 34.7 Å². The predicted octanol–water partition coefficient (Wildman–Crippen LogP) is -1.33. The van der Waals surface area contributed by atoms with Gasteiger partial charge in [0.2, 0.25) is 5.91 Å². The molecule has 11 heteroatoms. The predicted molar refractivity (Wildman–Crippen MR) is 107 cm³/mol. The highest BCUT2D eigenvalue weighted by Crippen LogP contribution is 2.56. The molecule has 0 bridgehead atoms.